The number of nitrogens with zero attached hydrogens (tertiary/aromatic N) is 3. The second kappa shape index (κ2) is 7.26. The summed E-state index contributed by atoms with van der Waals surface area (Å²) < 4.78 is 53.1. The van der Waals surface area contributed by atoms with Gasteiger partial charge in [0.1, 0.15) is 11.0 Å². The first-order valence-corrected chi connectivity index (χ1v) is 9.48. The van der Waals surface area contributed by atoms with Crippen LogP contribution >= 0.6 is 11.6 Å². The van der Waals surface area contributed by atoms with Gasteiger partial charge in [0.15, 0.2) is 11.5 Å². The number of sulfonamides is 1. The molecule has 0 atom stereocenters. The van der Waals surface area contributed by atoms with Crippen molar-refractivity contribution >= 4 is 27.5 Å². The fraction of sp³-hybridized carbons (Fsp3) is 0.250. The van der Waals surface area contributed by atoms with Crippen LogP contribution in [0.5, 0.6) is 0 Å². The predicted molar refractivity (Wildman–Crippen MR) is 90.3 cm³/mol. The molecule has 2 heterocycles. The number of hydrogen-bond donors (Lipinski definition) is 0. The van der Waals surface area contributed by atoms with Gasteiger partial charge in [0.25, 0.3) is 5.91 Å². The average molecular weight is 402 g/mol. The van der Waals surface area contributed by atoms with Crippen molar-refractivity contribution in [3.8, 4) is 0 Å². The van der Waals surface area contributed by atoms with Crippen LogP contribution in [0, 0.1) is 11.6 Å². The second-order valence-corrected chi connectivity index (χ2v) is 7.94. The number of carbonyl (C=O) groups is 1. The van der Waals surface area contributed by atoms with Gasteiger partial charge in [-0.3, -0.25) is 4.79 Å². The van der Waals surface area contributed by atoms with Gasteiger partial charge < -0.3 is 4.90 Å². The van der Waals surface area contributed by atoms with Crippen molar-refractivity contribution in [3.63, 3.8) is 0 Å². The molecule has 1 aliphatic heterocycles. The van der Waals surface area contributed by atoms with E-state index in [9.17, 15) is 22.0 Å². The van der Waals surface area contributed by atoms with Crippen molar-refractivity contribution in [3.05, 3.63) is 58.9 Å². The van der Waals surface area contributed by atoms with Crippen molar-refractivity contribution in [2.24, 2.45) is 0 Å². The number of benzene rings is 1. The largest absolute Gasteiger partial charge is 0.335 e. The first kappa shape index (κ1) is 18.7. The molecule has 1 amide bonds. The Morgan fingerprint density at radius 3 is 2.23 bits per heavy atom. The maximum Gasteiger partial charge on any atom is 0.275 e. The molecule has 1 saturated heterocycles. The van der Waals surface area contributed by atoms with Crippen LogP contribution in [0.1, 0.15) is 10.5 Å². The highest BCUT2D eigenvalue weighted by Crippen LogP contribution is 2.19. The fourth-order valence-corrected chi connectivity index (χ4v) is 4.17. The molecule has 1 aliphatic rings. The van der Waals surface area contributed by atoms with Gasteiger partial charge >= 0.3 is 0 Å². The van der Waals surface area contributed by atoms with E-state index in [0.717, 1.165) is 18.2 Å². The minimum absolute atomic E-state index is 0.00715. The molecule has 2 aromatic rings. The number of amides is 1. The molecule has 0 saturated carbocycles. The number of piperazine rings is 1. The molecule has 1 fully saturated rings. The van der Waals surface area contributed by atoms with Crippen LogP contribution in [0.2, 0.25) is 5.15 Å². The predicted octanol–water partition coefficient (Wildman–Crippen LogP) is 2.16. The molecule has 0 aliphatic carbocycles. The van der Waals surface area contributed by atoms with Crippen LogP contribution in [0.4, 0.5) is 8.78 Å². The van der Waals surface area contributed by atoms with E-state index in [0.29, 0.717) is 0 Å². The standard InChI is InChI=1S/C16H14ClF2N3O3S/c17-14-6-5-13(19)15(20-14)16(23)21-7-9-22(10-8-21)26(24,25)12-3-1-11(18)2-4-12/h1-6H,7-10H2. The van der Waals surface area contributed by atoms with E-state index in [-0.39, 0.29) is 36.2 Å². The Kier molecular flexibility index (Phi) is 5.22. The minimum atomic E-state index is -3.79. The molecule has 1 aromatic heterocycles. The molecule has 0 spiro atoms. The zero-order valence-electron chi connectivity index (χ0n) is 13.4. The number of pyridine rings is 1. The SMILES string of the molecule is O=C(c1nc(Cl)ccc1F)N1CCN(S(=O)(=O)c2ccc(F)cc2)CC1. The summed E-state index contributed by atoms with van der Waals surface area (Å²) in [5.74, 6) is -1.97. The molecular weight excluding hydrogens is 388 g/mol. The Morgan fingerprint density at radius 1 is 1.00 bits per heavy atom. The third-order valence-corrected chi connectivity index (χ3v) is 6.12. The maximum absolute atomic E-state index is 13.8. The van der Waals surface area contributed by atoms with Crippen molar-refractivity contribution in [1.82, 2.24) is 14.2 Å². The molecule has 0 radical (unpaired) electrons. The maximum atomic E-state index is 13.8. The molecule has 0 unspecified atom stereocenters. The minimum Gasteiger partial charge on any atom is -0.335 e. The van der Waals surface area contributed by atoms with Gasteiger partial charge in [0, 0.05) is 26.2 Å². The topological polar surface area (TPSA) is 70.6 Å². The van der Waals surface area contributed by atoms with Gasteiger partial charge in [-0.1, -0.05) is 11.6 Å². The zero-order valence-corrected chi connectivity index (χ0v) is 15.0. The molecule has 1 aromatic carbocycles. The third kappa shape index (κ3) is 3.69. The lowest BCUT2D eigenvalue weighted by molar-refractivity contribution is 0.0686. The van der Waals surface area contributed by atoms with Gasteiger partial charge in [-0.15, -0.1) is 0 Å². The van der Waals surface area contributed by atoms with E-state index in [2.05, 4.69) is 4.98 Å². The normalized spacial score (nSPS) is 15.9. The number of aromatic nitrogens is 1. The lowest BCUT2D eigenvalue weighted by atomic mass is 10.2. The molecule has 6 nitrogen and oxygen atoms in total. The highest BCUT2D eigenvalue weighted by molar-refractivity contribution is 7.89. The second-order valence-electron chi connectivity index (χ2n) is 5.61. The van der Waals surface area contributed by atoms with Crippen molar-refractivity contribution in [2.45, 2.75) is 4.90 Å². The number of carbonyl (C=O) groups excluding carboxylic acids is 1. The Balaban J connectivity index is 1.71. The van der Waals surface area contributed by atoms with Crippen molar-refractivity contribution in [2.75, 3.05) is 26.2 Å². The summed E-state index contributed by atoms with van der Waals surface area (Å²) in [5.41, 5.74) is -0.396. The van der Waals surface area contributed by atoms with Gasteiger partial charge in [0.2, 0.25) is 10.0 Å². The van der Waals surface area contributed by atoms with E-state index in [1.165, 1.54) is 27.4 Å². The van der Waals surface area contributed by atoms with Gasteiger partial charge in [-0.2, -0.15) is 4.31 Å². The molecule has 0 N–H and O–H groups in total. The Hall–Kier alpha value is -2.10. The number of hydrogen-bond acceptors (Lipinski definition) is 4. The lowest BCUT2D eigenvalue weighted by Crippen LogP contribution is -2.50. The Bertz CT molecular complexity index is 930. The van der Waals surface area contributed by atoms with Crippen molar-refractivity contribution < 1.29 is 22.0 Å². The summed E-state index contributed by atoms with van der Waals surface area (Å²) >= 11 is 5.70. The lowest BCUT2D eigenvalue weighted by Gasteiger charge is -2.33. The zero-order chi connectivity index (χ0) is 18.9. The average Bonchev–Trinajstić information content (AvgIpc) is 2.63. The van der Waals surface area contributed by atoms with Crippen molar-refractivity contribution in [1.29, 1.82) is 0 Å². The summed E-state index contributed by atoms with van der Waals surface area (Å²) in [7, 11) is -3.79. The van der Waals surface area contributed by atoms with Crippen LogP contribution in [-0.4, -0.2) is 54.7 Å². The van der Waals surface area contributed by atoms with E-state index in [4.69, 9.17) is 11.6 Å². The van der Waals surface area contributed by atoms with E-state index >= 15 is 0 Å². The highest BCUT2D eigenvalue weighted by Gasteiger charge is 2.31. The summed E-state index contributed by atoms with van der Waals surface area (Å²) in [6, 6.07) is 6.81. The van der Waals surface area contributed by atoms with E-state index in [1.807, 2.05) is 0 Å². The summed E-state index contributed by atoms with van der Waals surface area (Å²) in [6.45, 7) is 0.223. The summed E-state index contributed by atoms with van der Waals surface area (Å²) in [6.07, 6.45) is 0. The third-order valence-electron chi connectivity index (χ3n) is 3.99. The number of rotatable bonds is 3. The molecular formula is C16H14ClF2N3O3S. The van der Waals surface area contributed by atoms with Crippen LogP contribution in [0.25, 0.3) is 0 Å². The van der Waals surface area contributed by atoms with Gasteiger partial charge in [0.05, 0.1) is 4.90 Å². The molecule has 26 heavy (non-hydrogen) atoms. The molecule has 0 bridgehead atoms. The van der Waals surface area contributed by atoms with Gasteiger partial charge in [-0.25, -0.2) is 22.2 Å². The quantitative estimate of drug-likeness (QED) is 0.739. The first-order valence-electron chi connectivity index (χ1n) is 7.66. The van der Waals surface area contributed by atoms with Crippen LogP contribution in [0.3, 0.4) is 0 Å². The van der Waals surface area contributed by atoms with E-state index in [1.54, 1.807) is 0 Å². The Labute approximate surface area is 154 Å². The highest BCUT2D eigenvalue weighted by atomic mass is 35.5. The van der Waals surface area contributed by atoms with Crippen LogP contribution in [0.15, 0.2) is 41.3 Å². The molecule has 138 valence electrons. The van der Waals surface area contributed by atoms with E-state index < -0.39 is 33.3 Å². The fourth-order valence-electron chi connectivity index (χ4n) is 2.61. The van der Waals surface area contributed by atoms with Gasteiger partial charge in [-0.05, 0) is 36.4 Å². The smallest absolute Gasteiger partial charge is 0.275 e. The number of halogens is 3. The monoisotopic (exact) mass is 401 g/mol. The summed E-state index contributed by atoms with van der Waals surface area (Å²) in [5, 5.41) is -0.00715. The van der Waals surface area contributed by atoms with Crippen LogP contribution < -0.4 is 0 Å². The molecule has 3 rings (SSSR count). The first-order chi connectivity index (χ1) is 12.3. The Morgan fingerprint density at radius 2 is 1.62 bits per heavy atom. The van der Waals surface area contributed by atoms with Crippen LogP contribution in [-0.2, 0) is 10.0 Å². The summed E-state index contributed by atoms with van der Waals surface area (Å²) in [4.78, 5) is 17.4. The molecule has 10 heteroatoms.